The molecule has 16 heteroatoms. The Labute approximate surface area is 217 Å². The number of hydrogen-bond acceptors (Lipinski definition) is 14. The van der Waals surface area contributed by atoms with Gasteiger partial charge in [0, 0.05) is 41.2 Å². The largest absolute Gasteiger partial charge is 0.714 e. The van der Waals surface area contributed by atoms with E-state index in [0.717, 1.165) is 20.8 Å². The van der Waals surface area contributed by atoms with Crippen molar-refractivity contribution < 1.29 is 55.6 Å². The molecule has 0 aliphatic heterocycles. The van der Waals surface area contributed by atoms with Crippen LogP contribution in [0.1, 0.15) is 48.5 Å². The fourth-order valence-electron chi connectivity index (χ4n) is 2.39. The summed E-state index contributed by atoms with van der Waals surface area (Å²) in [5.74, 6) is -3.21. The standard InChI is InChI=1S/C10H16O7SSi.C9H16O5SSi/c1-5-14-10(18)6-19(15-7(2)11,16-8(3)12)17-9(4)13;1-5-12-9(15)6-16(4,13-7(2)10)14-8(3)11/h5-6H2,1-4H3;5-6H2,1-4H3. The summed E-state index contributed by atoms with van der Waals surface area (Å²) in [4.78, 5) is 55.2. The van der Waals surface area contributed by atoms with Crippen molar-refractivity contribution in [2.75, 3.05) is 13.2 Å². The molecule has 0 spiro atoms. The van der Waals surface area contributed by atoms with Crippen LogP contribution in [0, 0.1) is 0 Å². The number of hydrogen-bond donors (Lipinski definition) is 0. The van der Waals surface area contributed by atoms with Crippen LogP contribution >= 0.6 is 24.4 Å². The fourth-order valence-corrected chi connectivity index (χ4v) is 8.08. The molecule has 0 unspecified atom stereocenters. The molecule has 0 amide bonds. The molecule has 0 aliphatic carbocycles. The minimum absolute atomic E-state index is 0.0397. The van der Waals surface area contributed by atoms with Gasteiger partial charge in [-0.2, -0.15) is 0 Å². The van der Waals surface area contributed by atoms with Crippen molar-refractivity contribution in [2.24, 2.45) is 0 Å². The quantitative estimate of drug-likeness (QED) is 0.263. The van der Waals surface area contributed by atoms with E-state index in [1.807, 2.05) is 0 Å². The molecule has 0 saturated heterocycles. The second-order valence-corrected chi connectivity index (χ2v) is 13.0. The molecule has 0 rings (SSSR count). The predicted molar refractivity (Wildman–Crippen MR) is 134 cm³/mol. The van der Waals surface area contributed by atoms with Gasteiger partial charge in [0.2, 0.25) is 0 Å². The maximum absolute atomic E-state index is 11.1. The summed E-state index contributed by atoms with van der Waals surface area (Å²) in [5.41, 5.74) is 0. The molecular formula is C19H32O12S2Si2. The maximum atomic E-state index is 11.1. The van der Waals surface area contributed by atoms with Gasteiger partial charge >= 0.3 is 17.4 Å². The SMILES string of the molecule is CCOC(=S)C[Si](C)(OC(C)=O)OC(C)=O.CCOC(=S)C[Si](OC(C)=O)(OC(C)=O)OC(C)=O. The van der Waals surface area contributed by atoms with Crippen molar-refractivity contribution in [1.82, 2.24) is 0 Å². The lowest BCUT2D eigenvalue weighted by Gasteiger charge is -2.26. The van der Waals surface area contributed by atoms with E-state index in [-0.39, 0.29) is 17.1 Å². The van der Waals surface area contributed by atoms with Gasteiger partial charge in [0.15, 0.2) is 10.1 Å². The van der Waals surface area contributed by atoms with Gasteiger partial charge in [0.1, 0.15) is 6.04 Å². The molecule has 0 aromatic heterocycles. The van der Waals surface area contributed by atoms with Gasteiger partial charge in [-0.05, 0) is 38.3 Å². The normalized spacial score (nSPS) is 10.4. The van der Waals surface area contributed by atoms with Crippen LogP contribution in [0.25, 0.3) is 0 Å². The topological polar surface area (TPSA) is 150 Å². The van der Waals surface area contributed by atoms with Crippen LogP contribution in [0.2, 0.25) is 18.6 Å². The lowest BCUT2D eigenvalue weighted by Crippen LogP contribution is -2.50. The molecule has 0 bridgehead atoms. The Morgan fingerprint density at radius 2 is 0.857 bits per heavy atom. The second-order valence-electron chi connectivity index (χ2n) is 6.75. The first-order valence-corrected chi connectivity index (χ1v) is 15.6. The van der Waals surface area contributed by atoms with Crippen LogP contribution in [0.3, 0.4) is 0 Å². The van der Waals surface area contributed by atoms with E-state index >= 15 is 0 Å². The molecule has 0 radical (unpaired) electrons. The number of rotatable bonds is 11. The van der Waals surface area contributed by atoms with Gasteiger partial charge in [-0.25, -0.2) is 0 Å². The van der Waals surface area contributed by atoms with Gasteiger partial charge in [-0.15, -0.1) is 0 Å². The van der Waals surface area contributed by atoms with E-state index in [9.17, 15) is 24.0 Å². The average Bonchev–Trinajstić information content (AvgIpc) is 2.58. The molecule has 0 atom stereocenters. The maximum Gasteiger partial charge on any atom is 0.714 e. The van der Waals surface area contributed by atoms with E-state index < -0.39 is 47.2 Å². The van der Waals surface area contributed by atoms with Crippen LogP contribution in [0.15, 0.2) is 0 Å². The zero-order valence-electron chi connectivity index (χ0n) is 21.0. The van der Waals surface area contributed by atoms with Gasteiger partial charge in [-0.1, -0.05) is 0 Å². The summed E-state index contributed by atoms with van der Waals surface area (Å²) in [7, 11) is -6.84. The van der Waals surface area contributed by atoms with E-state index in [0.29, 0.717) is 18.3 Å². The molecule has 0 saturated carbocycles. The average molecular weight is 573 g/mol. The van der Waals surface area contributed by atoms with Crippen molar-refractivity contribution in [3.8, 4) is 0 Å². The van der Waals surface area contributed by atoms with Crippen LogP contribution < -0.4 is 0 Å². The summed E-state index contributed by atoms with van der Waals surface area (Å²) in [6.07, 6.45) is 0. The van der Waals surface area contributed by atoms with Gasteiger partial charge < -0.3 is 31.6 Å². The Kier molecular flexibility index (Phi) is 16.9. The third-order valence-electron chi connectivity index (χ3n) is 3.05. The molecule has 0 N–H and O–H groups in total. The lowest BCUT2D eigenvalue weighted by molar-refractivity contribution is -0.148. The number of ether oxygens (including phenoxy) is 2. The van der Waals surface area contributed by atoms with Crippen molar-refractivity contribution >= 4 is 81.7 Å². The first kappa shape index (κ1) is 34.7. The van der Waals surface area contributed by atoms with Crippen molar-refractivity contribution in [3.05, 3.63) is 0 Å². The summed E-state index contributed by atoms with van der Waals surface area (Å²) in [6, 6.07) is -0.0652. The van der Waals surface area contributed by atoms with Crippen molar-refractivity contribution in [1.29, 1.82) is 0 Å². The van der Waals surface area contributed by atoms with Gasteiger partial charge in [0.05, 0.1) is 19.3 Å². The number of thiocarbonyl (C=S) groups is 2. The fraction of sp³-hybridized carbons (Fsp3) is 0.632. The van der Waals surface area contributed by atoms with Crippen LogP contribution in [-0.4, -0.2) is 70.5 Å². The highest BCUT2D eigenvalue weighted by Crippen LogP contribution is 2.19. The van der Waals surface area contributed by atoms with Gasteiger partial charge in [0.25, 0.3) is 29.8 Å². The zero-order chi connectivity index (χ0) is 27.8. The van der Waals surface area contributed by atoms with Crippen LogP contribution in [0.4, 0.5) is 0 Å². The Morgan fingerprint density at radius 3 is 1.11 bits per heavy atom. The molecule has 12 nitrogen and oxygen atoms in total. The summed E-state index contributed by atoms with van der Waals surface area (Å²) in [6.45, 7) is 11.7. The summed E-state index contributed by atoms with van der Waals surface area (Å²) in [5, 5.41) is 0.331. The predicted octanol–water partition coefficient (Wildman–Crippen LogP) is 2.53. The molecule has 0 aliphatic rings. The van der Waals surface area contributed by atoms with E-state index in [1.165, 1.54) is 13.8 Å². The Balaban J connectivity index is 0. The van der Waals surface area contributed by atoms with Crippen molar-refractivity contribution in [3.63, 3.8) is 0 Å². The minimum Gasteiger partial charge on any atom is -0.487 e. The van der Waals surface area contributed by atoms with Gasteiger partial charge in [-0.3, -0.25) is 24.0 Å². The highest BCUT2D eigenvalue weighted by atomic mass is 32.1. The molecule has 0 heterocycles. The highest BCUT2D eigenvalue weighted by molar-refractivity contribution is 7.80. The summed E-state index contributed by atoms with van der Waals surface area (Å²) < 4.78 is 35.0. The number of carbonyl (C=O) groups excluding carboxylic acids is 5. The van der Waals surface area contributed by atoms with E-state index in [2.05, 4.69) is 0 Å². The Hall–Kier alpha value is -2.44. The molecule has 200 valence electrons. The number of carbonyl (C=O) groups is 5. The van der Waals surface area contributed by atoms with Crippen LogP contribution in [0.5, 0.6) is 0 Å². The molecule has 0 aromatic rings. The zero-order valence-corrected chi connectivity index (χ0v) is 24.7. The lowest BCUT2D eigenvalue weighted by atomic mass is 10.8. The molecule has 35 heavy (non-hydrogen) atoms. The first-order chi connectivity index (χ1) is 16.0. The first-order valence-electron chi connectivity index (χ1n) is 10.3. The van der Waals surface area contributed by atoms with Crippen LogP contribution in [-0.2, 0) is 55.6 Å². The molecule has 0 aromatic carbocycles. The van der Waals surface area contributed by atoms with E-state index in [1.54, 1.807) is 20.4 Å². The Bertz CT molecular complexity index is 746. The smallest absolute Gasteiger partial charge is 0.487 e. The van der Waals surface area contributed by atoms with Crippen molar-refractivity contribution in [2.45, 2.75) is 67.1 Å². The minimum atomic E-state index is -3.90. The third kappa shape index (κ3) is 18.6. The van der Waals surface area contributed by atoms with E-state index in [4.69, 9.17) is 56.0 Å². The second kappa shape index (κ2) is 17.1. The highest BCUT2D eigenvalue weighted by Gasteiger charge is 2.53. The monoisotopic (exact) mass is 572 g/mol. The third-order valence-corrected chi connectivity index (χ3v) is 9.04. The Morgan fingerprint density at radius 1 is 0.571 bits per heavy atom. The molecule has 0 fully saturated rings. The molecular weight excluding hydrogens is 541 g/mol. The summed E-state index contributed by atoms with van der Waals surface area (Å²) >= 11 is 9.84.